The summed E-state index contributed by atoms with van der Waals surface area (Å²) in [5.41, 5.74) is 1.17. The first-order valence-electron chi connectivity index (χ1n) is 12.2. The molecule has 2 N–H and O–H groups in total. The molecule has 3 aromatic rings. The molecule has 0 unspecified atom stereocenters. The average Bonchev–Trinajstić information content (AvgIpc) is 2.83. The Morgan fingerprint density at radius 3 is 2.58 bits per heavy atom. The lowest BCUT2D eigenvalue weighted by molar-refractivity contribution is -0.00781. The van der Waals surface area contributed by atoms with Crippen molar-refractivity contribution in [1.29, 1.82) is 0 Å². The largest absolute Gasteiger partial charge is 0.492 e. The van der Waals surface area contributed by atoms with Crippen LogP contribution in [0.2, 0.25) is 5.02 Å². The molecule has 4 rings (SSSR count). The topological polar surface area (TPSA) is 92.8 Å². The molecule has 1 aliphatic rings. The van der Waals surface area contributed by atoms with Gasteiger partial charge in [-0.15, -0.1) is 0 Å². The van der Waals surface area contributed by atoms with Crippen molar-refractivity contribution in [1.82, 2.24) is 9.88 Å². The predicted octanol–water partition coefficient (Wildman–Crippen LogP) is 5.98. The van der Waals surface area contributed by atoms with Crippen LogP contribution in [0.3, 0.4) is 0 Å². The van der Waals surface area contributed by atoms with Crippen LogP contribution in [0, 0.1) is 11.7 Å². The van der Waals surface area contributed by atoms with Crippen molar-refractivity contribution >= 4 is 35.1 Å². The summed E-state index contributed by atoms with van der Waals surface area (Å²) < 4.78 is 24.4. The fourth-order valence-corrected chi connectivity index (χ4v) is 3.94. The summed E-state index contributed by atoms with van der Waals surface area (Å²) in [5, 5.41) is 6.39. The van der Waals surface area contributed by atoms with Crippen molar-refractivity contribution in [2.45, 2.75) is 32.9 Å². The quantitative estimate of drug-likeness (QED) is 0.365. The van der Waals surface area contributed by atoms with Crippen molar-refractivity contribution in [3.63, 3.8) is 0 Å². The number of rotatable bonds is 8. The highest BCUT2D eigenvalue weighted by atomic mass is 35.5. The highest BCUT2D eigenvalue weighted by molar-refractivity contribution is 6.32. The first-order valence-corrected chi connectivity index (χ1v) is 12.6. The van der Waals surface area contributed by atoms with Gasteiger partial charge in [-0.05, 0) is 62.7 Å². The van der Waals surface area contributed by atoms with Crippen LogP contribution in [0.25, 0.3) is 0 Å². The maximum atomic E-state index is 13.2. The summed E-state index contributed by atoms with van der Waals surface area (Å²) in [7, 11) is 0. The Kier molecular flexibility index (Phi) is 8.36. The number of anilines is 2. The summed E-state index contributed by atoms with van der Waals surface area (Å²) >= 11 is 6.31. The van der Waals surface area contributed by atoms with Crippen LogP contribution in [0.5, 0.6) is 5.75 Å². The number of hydrogen-bond acceptors (Lipinski definition) is 6. The molecule has 0 saturated carbocycles. The smallest absolute Gasteiger partial charge is 0.410 e. The highest BCUT2D eigenvalue weighted by Crippen LogP contribution is 2.30. The minimum Gasteiger partial charge on any atom is -0.492 e. The maximum absolute atomic E-state index is 13.2. The molecule has 10 heteroatoms. The summed E-state index contributed by atoms with van der Waals surface area (Å²) in [6.07, 6.45) is 1.25. The zero-order valence-electron chi connectivity index (χ0n) is 21.5. The zero-order valence-corrected chi connectivity index (χ0v) is 22.2. The Hall–Kier alpha value is -3.85. The lowest BCUT2D eigenvalue weighted by Gasteiger charge is -2.39. The molecule has 1 aliphatic heterocycles. The Morgan fingerprint density at radius 1 is 1.13 bits per heavy atom. The Bertz CT molecular complexity index is 1290. The van der Waals surface area contributed by atoms with Gasteiger partial charge >= 0.3 is 6.09 Å². The van der Waals surface area contributed by atoms with Crippen molar-refractivity contribution in [2.75, 3.05) is 30.3 Å². The van der Waals surface area contributed by atoms with Crippen LogP contribution in [-0.4, -0.2) is 47.2 Å². The van der Waals surface area contributed by atoms with Gasteiger partial charge in [-0.2, -0.15) is 0 Å². The molecular weight excluding hydrogens is 511 g/mol. The number of nitrogens with one attached hydrogen (secondary N) is 2. The molecular formula is C28H30ClFN4O4. The third-order valence-electron chi connectivity index (χ3n) is 5.70. The number of ether oxygens (including phenoxy) is 2. The number of halogens is 2. The van der Waals surface area contributed by atoms with E-state index in [1.165, 1.54) is 12.1 Å². The second-order valence-corrected chi connectivity index (χ2v) is 10.4. The maximum Gasteiger partial charge on any atom is 0.410 e. The van der Waals surface area contributed by atoms with E-state index in [0.717, 1.165) is 5.56 Å². The van der Waals surface area contributed by atoms with Crippen molar-refractivity contribution in [3.8, 4) is 5.75 Å². The highest BCUT2D eigenvalue weighted by Gasteiger charge is 2.34. The first kappa shape index (κ1) is 27.2. The van der Waals surface area contributed by atoms with Crippen LogP contribution in [-0.2, 0) is 11.3 Å². The van der Waals surface area contributed by atoms with E-state index in [9.17, 15) is 14.0 Å². The number of carbonyl (C=O) groups excluding carboxylic acids is 2. The van der Waals surface area contributed by atoms with Gasteiger partial charge in [-0.25, -0.2) is 14.2 Å². The summed E-state index contributed by atoms with van der Waals surface area (Å²) in [4.78, 5) is 31.1. The van der Waals surface area contributed by atoms with Crippen LogP contribution in [0.4, 0.5) is 20.7 Å². The van der Waals surface area contributed by atoms with E-state index in [2.05, 4.69) is 15.6 Å². The van der Waals surface area contributed by atoms with Crippen molar-refractivity contribution in [3.05, 3.63) is 82.8 Å². The van der Waals surface area contributed by atoms with Gasteiger partial charge in [0.05, 0.1) is 17.2 Å². The van der Waals surface area contributed by atoms with E-state index >= 15 is 0 Å². The van der Waals surface area contributed by atoms with E-state index < -0.39 is 5.60 Å². The monoisotopic (exact) mass is 540 g/mol. The zero-order chi connectivity index (χ0) is 27.3. The third kappa shape index (κ3) is 7.35. The Labute approximate surface area is 226 Å². The summed E-state index contributed by atoms with van der Waals surface area (Å²) in [5.74, 6) is 0.315. The second-order valence-electron chi connectivity index (χ2n) is 10.0. The van der Waals surface area contributed by atoms with E-state index in [0.29, 0.717) is 54.1 Å². The summed E-state index contributed by atoms with van der Waals surface area (Å²) in [6.45, 7) is 7.32. The SMILES string of the molecule is CC(C)(C)OC(=O)N1CC(COc2cc(NC(=O)c3cccnc3NCc3ccc(F)cc3)ccc2Cl)C1. The number of likely N-dealkylation sites (tertiary alicyclic amines) is 1. The number of hydrogen-bond donors (Lipinski definition) is 2. The first-order chi connectivity index (χ1) is 18.1. The van der Waals surface area contributed by atoms with E-state index in [1.807, 2.05) is 20.8 Å². The molecule has 0 bridgehead atoms. The fourth-order valence-electron chi connectivity index (χ4n) is 3.77. The Morgan fingerprint density at radius 2 is 1.87 bits per heavy atom. The van der Waals surface area contributed by atoms with Gasteiger partial charge in [-0.3, -0.25) is 4.79 Å². The third-order valence-corrected chi connectivity index (χ3v) is 6.01. The molecule has 0 spiro atoms. The van der Waals surface area contributed by atoms with E-state index in [-0.39, 0.29) is 23.7 Å². The number of pyridine rings is 1. The van der Waals surface area contributed by atoms with Crippen LogP contribution >= 0.6 is 11.6 Å². The van der Waals surface area contributed by atoms with Gasteiger partial charge in [-0.1, -0.05) is 23.7 Å². The Balaban J connectivity index is 1.33. The van der Waals surface area contributed by atoms with Crippen LogP contribution < -0.4 is 15.4 Å². The second kappa shape index (κ2) is 11.7. The molecule has 2 aromatic carbocycles. The van der Waals surface area contributed by atoms with Gasteiger partial charge in [0.15, 0.2) is 0 Å². The van der Waals surface area contributed by atoms with Crippen LogP contribution in [0.1, 0.15) is 36.7 Å². The van der Waals surface area contributed by atoms with Gasteiger partial charge in [0.25, 0.3) is 5.91 Å². The molecule has 0 aliphatic carbocycles. The molecule has 2 heterocycles. The molecule has 0 radical (unpaired) electrons. The molecule has 8 nitrogen and oxygen atoms in total. The lowest BCUT2D eigenvalue weighted by Crippen LogP contribution is -2.53. The minimum absolute atomic E-state index is 0.155. The van der Waals surface area contributed by atoms with Gasteiger partial charge in [0, 0.05) is 43.5 Å². The standard InChI is InChI=1S/C28H30ClFN4O4/c1-28(2,3)38-27(36)34-15-19(16-34)17-37-24-13-21(10-11-23(24)29)33-26(35)22-5-4-12-31-25(22)32-14-18-6-8-20(30)9-7-18/h4-13,19H,14-17H2,1-3H3,(H,31,32)(H,33,35). The number of aromatic nitrogens is 1. The predicted molar refractivity (Wildman–Crippen MR) is 144 cm³/mol. The fraction of sp³-hybridized carbons (Fsp3) is 0.321. The molecule has 1 fully saturated rings. The number of benzene rings is 2. The van der Waals surface area contributed by atoms with Gasteiger partial charge < -0.3 is 25.0 Å². The van der Waals surface area contributed by atoms with Crippen molar-refractivity contribution < 1.29 is 23.5 Å². The van der Waals surface area contributed by atoms with Crippen molar-refractivity contribution in [2.24, 2.45) is 5.92 Å². The van der Waals surface area contributed by atoms with Gasteiger partial charge in [0.2, 0.25) is 0 Å². The molecule has 2 amide bonds. The number of nitrogens with zero attached hydrogens (tertiary/aromatic N) is 2. The molecule has 0 atom stereocenters. The van der Waals surface area contributed by atoms with E-state index in [4.69, 9.17) is 21.1 Å². The normalized spacial score (nSPS) is 13.4. The average molecular weight is 541 g/mol. The number of amides is 2. The van der Waals surface area contributed by atoms with Gasteiger partial charge in [0.1, 0.15) is 23.0 Å². The molecule has 200 valence electrons. The van der Waals surface area contributed by atoms with E-state index in [1.54, 1.807) is 53.6 Å². The lowest BCUT2D eigenvalue weighted by atomic mass is 10.0. The molecule has 38 heavy (non-hydrogen) atoms. The minimum atomic E-state index is -0.535. The molecule has 1 saturated heterocycles. The van der Waals surface area contributed by atoms with Crippen LogP contribution in [0.15, 0.2) is 60.8 Å². The molecule has 1 aromatic heterocycles. The summed E-state index contributed by atoms with van der Waals surface area (Å²) in [6, 6.07) is 14.4. The number of carbonyl (C=O) groups is 2.